The number of hydrogen-bond donors (Lipinski definition) is 1. The molecule has 1 N–H and O–H groups in total. The van der Waals surface area contributed by atoms with Gasteiger partial charge < -0.3 is 5.32 Å². The summed E-state index contributed by atoms with van der Waals surface area (Å²) in [6, 6.07) is 6.78. The Bertz CT molecular complexity index is 561. The molecule has 22 heavy (non-hydrogen) atoms. The second-order valence-electron chi connectivity index (χ2n) is 5.92. The van der Waals surface area contributed by atoms with Crippen LogP contribution < -0.4 is 5.32 Å². The normalized spacial score (nSPS) is 19.3. The van der Waals surface area contributed by atoms with E-state index in [-0.39, 0.29) is 0 Å². The van der Waals surface area contributed by atoms with Crippen molar-refractivity contribution in [1.29, 1.82) is 0 Å². The summed E-state index contributed by atoms with van der Waals surface area (Å²) in [5.74, 6) is 0. The molecule has 1 atom stereocenters. The molecule has 1 unspecified atom stereocenters. The fraction of sp³-hybridized carbons (Fsp3) is 0.529. The fourth-order valence-corrected chi connectivity index (χ4v) is 3.67. The molecule has 0 aliphatic carbocycles. The summed E-state index contributed by atoms with van der Waals surface area (Å²) < 4.78 is 0. The van der Waals surface area contributed by atoms with Crippen LogP contribution in [0.2, 0.25) is 0 Å². The highest BCUT2D eigenvalue weighted by molar-refractivity contribution is 7.09. The molecule has 0 aromatic carbocycles. The van der Waals surface area contributed by atoms with Gasteiger partial charge in [-0.15, -0.1) is 11.3 Å². The van der Waals surface area contributed by atoms with Gasteiger partial charge >= 0.3 is 0 Å². The molecule has 2 aromatic heterocycles. The standard InChI is InChI=1S/C17H24N4S/c1-14-20-16(13-22-14)12-21(11-15-5-2-3-9-19-15)17-6-4-8-18-10-7-17/h2-3,5,9,13,17-18H,4,6-8,10-12H2,1H3. The lowest BCUT2D eigenvalue weighted by Gasteiger charge is -2.30. The minimum absolute atomic E-state index is 0.610. The summed E-state index contributed by atoms with van der Waals surface area (Å²) in [5.41, 5.74) is 2.34. The zero-order chi connectivity index (χ0) is 15.2. The van der Waals surface area contributed by atoms with Crippen molar-refractivity contribution in [3.63, 3.8) is 0 Å². The van der Waals surface area contributed by atoms with Crippen LogP contribution in [0.25, 0.3) is 0 Å². The molecular weight excluding hydrogens is 292 g/mol. The van der Waals surface area contributed by atoms with Crippen LogP contribution in [-0.2, 0) is 13.1 Å². The molecule has 0 amide bonds. The highest BCUT2D eigenvalue weighted by Crippen LogP contribution is 2.20. The van der Waals surface area contributed by atoms with Gasteiger partial charge in [0.15, 0.2) is 0 Å². The van der Waals surface area contributed by atoms with Crippen LogP contribution in [-0.4, -0.2) is 34.0 Å². The van der Waals surface area contributed by atoms with Crippen LogP contribution in [0.15, 0.2) is 29.8 Å². The first-order valence-corrected chi connectivity index (χ1v) is 8.95. The Morgan fingerprint density at radius 1 is 1.23 bits per heavy atom. The first-order valence-electron chi connectivity index (χ1n) is 8.07. The number of hydrogen-bond acceptors (Lipinski definition) is 5. The van der Waals surface area contributed by atoms with Gasteiger partial charge in [0.2, 0.25) is 0 Å². The van der Waals surface area contributed by atoms with E-state index in [1.807, 2.05) is 12.3 Å². The Balaban J connectivity index is 1.74. The van der Waals surface area contributed by atoms with Gasteiger partial charge in [0.25, 0.3) is 0 Å². The third-order valence-electron chi connectivity index (χ3n) is 4.18. The molecule has 5 heteroatoms. The average Bonchev–Trinajstić information content (AvgIpc) is 2.78. The van der Waals surface area contributed by atoms with Gasteiger partial charge in [-0.1, -0.05) is 6.07 Å². The maximum atomic E-state index is 4.65. The van der Waals surface area contributed by atoms with Gasteiger partial charge in [-0.25, -0.2) is 4.98 Å². The number of nitrogens with zero attached hydrogens (tertiary/aromatic N) is 3. The van der Waals surface area contributed by atoms with Crippen LogP contribution in [0.1, 0.15) is 35.7 Å². The van der Waals surface area contributed by atoms with E-state index in [1.54, 1.807) is 11.3 Å². The van der Waals surface area contributed by atoms with Gasteiger partial charge in [0.05, 0.1) is 16.4 Å². The largest absolute Gasteiger partial charge is 0.317 e. The van der Waals surface area contributed by atoms with E-state index < -0.39 is 0 Å². The second-order valence-corrected chi connectivity index (χ2v) is 6.98. The molecule has 1 fully saturated rings. The van der Waals surface area contributed by atoms with Crippen molar-refractivity contribution >= 4 is 11.3 Å². The summed E-state index contributed by atoms with van der Waals surface area (Å²) >= 11 is 1.74. The first-order chi connectivity index (χ1) is 10.8. The van der Waals surface area contributed by atoms with Crippen molar-refractivity contribution in [2.45, 2.75) is 45.3 Å². The first kappa shape index (κ1) is 15.6. The molecule has 0 radical (unpaired) electrons. The number of aryl methyl sites for hydroxylation is 1. The SMILES string of the molecule is Cc1nc(CN(Cc2ccccn2)C2CCCNCC2)cs1. The zero-order valence-electron chi connectivity index (χ0n) is 13.2. The highest BCUT2D eigenvalue weighted by atomic mass is 32.1. The lowest BCUT2D eigenvalue weighted by molar-refractivity contribution is 0.160. The van der Waals surface area contributed by atoms with Gasteiger partial charge in [-0.05, 0) is 51.4 Å². The molecule has 1 aliphatic rings. The van der Waals surface area contributed by atoms with E-state index >= 15 is 0 Å². The maximum Gasteiger partial charge on any atom is 0.0897 e. The van der Waals surface area contributed by atoms with Gasteiger partial charge in [0.1, 0.15) is 0 Å². The summed E-state index contributed by atoms with van der Waals surface area (Å²) in [6.45, 7) is 6.16. The average molecular weight is 316 g/mol. The van der Waals surface area contributed by atoms with Crippen molar-refractivity contribution in [3.05, 3.63) is 46.2 Å². The molecular formula is C17H24N4S. The molecule has 0 saturated carbocycles. The Kier molecular flexibility index (Phi) is 5.53. The zero-order valence-corrected chi connectivity index (χ0v) is 14.0. The third kappa shape index (κ3) is 4.35. The molecule has 4 nitrogen and oxygen atoms in total. The van der Waals surface area contributed by atoms with E-state index in [0.29, 0.717) is 6.04 Å². The quantitative estimate of drug-likeness (QED) is 0.921. The van der Waals surface area contributed by atoms with E-state index in [1.165, 1.54) is 25.0 Å². The lowest BCUT2D eigenvalue weighted by atomic mass is 10.1. The predicted octanol–water partition coefficient (Wildman–Crippen LogP) is 2.99. The Morgan fingerprint density at radius 2 is 2.14 bits per heavy atom. The number of aromatic nitrogens is 2. The van der Waals surface area contributed by atoms with Crippen LogP contribution in [0.3, 0.4) is 0 Å². The van der Waals surface area contributed by atoms with Crippen molar-refractivity contribution in [2.24, 2.45) is 0 Å². The predicted molar refractivity (Wildman–Crippen MR) is 90.8 cm³/mol. The number of pyridine rings is 1. The van der Waals surface area contributed by atoms with Crippen molar-refractivity contribution < 1.29 is 0 Å². The number of nitrogens with one attached hydrogen (secondary N) is 1. The van der Waals surface area contributed by atoms with Crippen molar-refractivity contribution in [3.8, 4) is 0 Å². The highest BCUT2D eigenvalue weighted by Gasteiger charge is 2.21. The van der Waals surface area contributed by atoms with E-state index in [2.05, 4.69) is 44.6 Å². The Labute approximate surface area is 136 Å². The van der Waals surface area contributed by atoms with E-state index in [9.17, 15) is 0 Å². The molecule has 0 bridgehead atoms. The molecule has 0 spiro atoms. The minimum atomic E-state index is 0.610. The van der Waals surface area contributed by atoms with Crippen molar-refractivity contribution in [2.75, 3.05) is 13.1 Å². The van der Waals surface area contributed by atoms with Crippen LogP contribution >= 0.6 is 11.3 Å². The Hall–Kier alpha value is -1.30. The molecule has 3 heterocycles. The molecule has 3 rings (SSSR count). The topological polar surface area (TPSA) is 41.1 Å². The Morgan fingerprint density at radius 3 is 2.91 bits per heavy atom. The minimum Gasteiger partial charge on any atom is -0.317 e. The fourth-order valence-electron chi connectivity index (χ4n) is 3.07. The smallest absolute Gasteiger partial charge is 0.0897 e. The second kappa shape index (κ2) is 7.81. The van der Waals surface area contributed by atoms with Crippen LogP contribution in [0.5, 0.6) is 0 Å². The number of thiazole rings is 1. The molecule has 1 aliphatic heterocycles. The summed E-state index contributed by atoms with van der Waals surface area (Å²) in [5, 5.41) is 6.85. The van der Waals surface area contributed by atoms with Crippen molar-refractivity contribution in [1.82, 2.24) is 20.2 Å². The molecule has 2 aromatic rings. The summed E-state index contributed by atoms with van der Waals surface area (Å²) in [4.78, 5) is 11.7. The van der Waals surface area contributed by atoms with Gasteiger partial charge in [-0.3, -0.25) is 9.88 Å². The monoisotopic (exact) mass is 316 g/mol. The number of rotatable bonds is 5. The van der Waals surface area contributed by atoms with Gasteiger partial charge in [-0.2, -0.15) is 0 Å². The van der Waals surface area contributed by atoms with E-state index in [0.717, 1.165) is 36.9 Å². The van der Waals surface area contributed by atoms with E-state index in [4.69, 9.17) is 0 Å². The third-order valence-corrected chi connectivity index (χ3v) is 5.01. The van der Waals surface area contributed by atoms with Gasteiger partial charge in [0, 0.05) is 30.7 Å². The lowest BCUT2D eigenvalue weighted by Crippen LogP contribution is -2.35. The molecule has 1 saturated heterocycles. The maximum absolute atomic E-state index is 4.65. The van der Waals surface area contributed by atoms with Crippen LogP contribution in [0, 0.1) is 6.92 Å². The van der Waals surface area contributed by atoms with Crippen LogP contribution in [0.4, 0.5) is 0 Å². The summed E-state index contributed by atoms with van der Waals surface area (Å²) in [6.07, 6.45) is 5.59. The summed E-state index contributed by atoms with van der Waals surface area (Å²) in [7, 11) is 0. The molecule has 118 valence electrons.